The topological polar surface area (TPSA) is 262 Å². The number of carbonyl (C=O) groups excluding carboxylic acids is 6. The number of aromatic hydroxyl groups is 2. The molecule has 0 saturated carbocycles. The number of nitrogens with two attached hydrogens (primary N) is 2. The number of phenolic OH excluding ortho intramolecular Hbond substituents is 2. The van der Waals surface area contributed by atoms with Gasteiger partial charge in [-0.05, 0) is 35.4 Å². The second-order valence-corrected chi connectivity index (χ2v) is 12.8. The highest BCUT2D eigenvalue weighted by Gasteiger charge is 2.38. The summed E-state index contributed by atoms with van der Waals surface area (Å²) in [4.78, 5) is 77.3. The molecule has 292 valence electrons. The lowest BCUT2D eigenvalue weighted by atomic mass is 9.81. The number of esters is 2. The minimum atomic E-state index is -1.18. The zero-order valence-corrected chi connectivity index (χ0v) is 30.2. The molecule has 0 radical (unpaired) electrons. The molecule has 16 heteroatoms. The van der Waals surface area contributed by atoms with Gasteiger partial charge in [-0.15, -0.1) is 0 Å². The van der Waals surface area contributed by atoms with Crippen molar-refractivity contribution in [2.45, 2.75) is 38.1 Å². The first-order chi connectivity index (χ1) is 26.9. The van der Waals surface area contributed by atoms with Gasteiger partial charge in [0, 0.05) is 37.6 Å². The molecular formula is C40H42N6O10. The third-order valence-electron chi connectivity index (χ3n) is 8.69. The molecule has 10 N–H and O–H groups in total. The predicted molar refractivity (Wildman–Crippen MR) is 204 cm³/mol. The van der Waals surface area contributed by atoms with Crippen molar-refractivity contribution in [3.63, 3.8) is 0 Å². The molecule has 0 spiro atoms. The fourth-order valence-corrected chi connectivity index (χ4v) is 5.83. The van der Waals surface area contributed by atoms with E-state index < -0.39 is 58.9 Å². The van der Waals surface area contributed by atoms with Crippen LogP contribution in [0.4, 0.5) is 11.4 Å². The minimum Gasteiger partial charge on any atom is -0.507 e. The van der Waals surface area contributed by atoms with Gasteiger partial charge in [-0.1, -0.05) is 60.7 Å². The standard InChI is InChI=1S/C40H42N6O10/c41-25(19-31(49)55-21-23-7-3-1-4-8-23)39(53)45-17-15-43-27-11-12-28(34-33(27)37(51)35-29(47)13-14-30(48)36(35)38(34)52)44-16-18-46-40(54)26(42)20-32(50)56-22-24-9-5-2-6-10-24/h1-14,25-26,43-44,47-48H,15-22,41-42H2,(H,45,53)(H,46,54)/t25-,26-/m0/s1. The quantitative estimate of drug-likeness (QED) is 0.0360. The minimum absolute atomic E-state index is 0.0116. The summed E-state index contributed by atoms with van der Waals surface area (Å²) in [5.74, 6) is -5.00. The predicted octanol–water partition coefficient (Wildman–Crippen LogP) is 1.85. The van der Waals surface area contributed by atoms with Crippen LogP contribution in [0.2, 0.25) is 0 Å². The molecule has 16 nitrogen and oxygen atoms in total. The number of rotatable bonds is 18. The summed E-state index contributed by atoms with van der Waals surface area (Å²) in [5.41, 5.74) is 12.8. The first-order valence-corrected chi connectivity index (χ1v) is 17.7. The SMILES string of the molecule is N[C@@H](CC(=O)OCc1ccccc1)C(=O)NCCNc1ccc(NCCNC(=O)[C@@H](N)CC(=O)OCc2ccccc2)c2c1C(=O)c1c(O)ccc(O)c1C2=O. The molecule has 0 fully saturated rings. The van der Waals surface area contributed by atoms with Gasteiger partial charge in [-0.3, -0.25) is 28.8 Å². The van der Waals surface area contributed by atoms with Crippen molar-refractivity contribution in [1.82, 2.24) is 10.6 Å². The Kier molecular flexibility index (Phi) is 13.7. The van der Waals surface area contributed by atoms with Gasteiger partial charge in [-0.25, -0.2) is 0 Å². The molecule has 2 amide bonds. The van der Waals surface area contributed by atoms with E-state index in [1.807, 2.05) is 12.1 Å². The smallest absolute Gasteiger partial charge is 0.308 e. The van der Waals surface area contributed by atoms with Crippen LogP contribution < -0.4 is 32.7 Å². The van der Waals surface area contributed by atoms with Crippen LogP contribution in [-0.2, 0) is 41.9 Å². The zero-order chi connectivity index (χ0) is 40.2. The number of ether oxygens (including phenoxy) is 2. The number of benzene rings is 4. The van der Waals surface area contributed by atoms with Crippen LogP contribution in [0.15, 0.2) is 84.9 Å². The van der Waals surface area contributed by atoms with Crippen LogP contribution in [0.3, 0.4) is 0 Å². The Morgan fingerprint density at radius 2 is 0.911 bits per heavy atom. The maximum Gasteiger partial charge on any atom is 0.308 e. The van der Waals surface area contributed by atoms with E-state index in [1.54, 1.807) is 48.5 Å². The molecule has 0 aliphatic heterocycles. The molecule has 2 atom stereocenters. The normalized spacial score (nSPS) is 12.7. The van der Waals surface area contributed by atoms with Crippen molar-refractivity contribution < 1.29 is 48.5 Å². The molecule has 4 aromatic carbocycles. The first-order valence-electron chi connectivity index (χ1n) is 17.7. The number of carbonyl (C=O) groups is 6. The van der Waals surface area contributed by atoms with Crippen LogP contribution in [0.25, 0.3) is 0 Å². The third-order valence-corrected chi connectivity index (χ3v) is 8.69. The van der Waals surface area contributed by atoms with E-state index in [9.17, 15) is 39.0 Å². The Morgan fingerprint density at radius 1 is 0.536 bits per heavy atom. The molecule has 0 saturated heterocycles. The maximum atomic E-state index is 13.9. The lowest BCUT2D eigenvalue weighted by molar-refractivity contribution is -0.147. The summed E-state index contributed by atoms with van der Waals surface area (Å²) in [6.07, 6.45) is -0.693. The summed E-state index contributed by atoms with van der Waals surface area (Å²) in [5, 5.41) is 32.4. The molecule has 0 bridgehead atoms. The van der Waals surface area contributed by atoms with Gasteiger partial charge in [0.25, 0.3) is 0 Å². The first kappa shape index (κ1) is 40.4. The van der Waals surface area contributed by atoms with Gasteiger partial charge in [0.2, 0.25) is 23.4 Å². The van der Waals surface area contributed by atoms with E-state index in [2.05, 4.69) is 21.3 Å². The van der Waals surface area contributed by atoms with Crippen molar-refractivity contribution in [2.24, 2.45) is 11.5 Å². The second kappa shape index (κ2) is 19.0. The summed E-state index contributed by atoms with van der Waals surface area (Å²) in [6, 6.07) is 20.9. The average molecular weight is 767 g/mol. The molecule has 1 aliphatic carbocycles. The van der Waals surface area contributed by atoms with Crippen LogP contribution in [0.5, 0.6) is 11.5 Å². The van der Waals surface area contributed by atoms with Crippen molar-refractivity contribution in [3.8, 4) is 11.5 Å². The fraction of sp³-hybridized carbons (Fsp3) is 0.250. The molecule has 0 unspecified atom stereocenters. The Balaban J connectivity index is 1.17. The van der Waals surface area contributed by atoms with Crippen molar-refractivity contribution in [3.05, 3.63) is 118 Å². The van der Waals surface area contributed by atoms with Crippen LogP contribution in [-0.4, -0.2) is 83.8 Å². The third kappa shape index (κ3) is 10.2. The highest BCUT2D eigenvalue weighted by atomic mass is 16.5. The number of anilines is 2. The monoisotopic (exact) mass is 766 g/mol. The number of amides is 2. The van der Waals surface area contributed by atoms with Gasteiger partial charge >= 0.3 is 11.9 Å². The van der Waals surface area contributed by atoms with Gasteiger partial charge in [0.1, 0.15) is 24.7 Å². The molecule has 0 aromatic heterocycles. The summed E-state index contributed by atoms with van der Waals surface area (Å²) in [6.45, 7) is 0.224. The van der Waals surface area contributed by atoms with Crippen molar-refractivity contribution in [2.75, 3.05) is 36.8 Å². The Hall–Kier alpha value is -6.78. The molecule has 5 rings (SSSR count). The lowest BCUT2D eigenvalue weighted by Crippen LogP contribution is -2.43. The summed E-state index contributed by atoms with van der Waals surface area (Å²) in [7, 11) is 0. The number of phenols is 2. The number of nitrogens with one attached hydrogen (secondary N) is 4. The van der Waals surface area contributed by atoms with Gasteiger partial charge < -0.3 is 52.4 Å². The fourth-order valence-electron chi connectivity index (χ4n) is 5.83. The zero-order valence-electron chi connectivity index (χ0n) is 30.2. The largest absolute Gasteiger partial charge is 0.507 e. The Labute approximate surface area is 321 Å². The molecule has 4 aromatic rings. The Morgan fingerprint density at radius 3 is 1.29 bits per heavy atom. The Bertz CT molecular complexity index is 1950. The molecular weight excluding hydrogens is 724 g/mol. The van der Waals surface area contributed by atoms with Gasteiger partial charge in [0.05, 0.1) is 47.2 Å². The van der Waals surface area contributed by atoms with E-state index >= 15 is 0 Å². The van der Waals surface area contributed by atoms with Crippen LogP contribution in [0.1, 0.15) is 55.8 Å². The maximum absolute atomic E-state index is 13.9. The highest BCUT2D eigenvalue weighted by molar-refractivity contribution is 6.33. The van der Waals surface area contributed by atoms with E-state index in [-0.39, 0.29) is 85.9 Å². The van der Waals surface area contributed by atoms with Crippen molar-refractivity contribution in [1.29, 1.82) is 0 Å². The molecule has 56 heavy (non-hydrogen) atoms. The second-order valence-electron chi connectivity index (χ2n) is 12.8. The van der Waals surface area contributed by atoms with Gasteiger partial charge in [0.15, 0.2) is 0 Å². The number of hydrogen-bond acceptors (Lipinski definition) is 14. The van der Waals surface area contributed by atoms with E-state index in [4.69, 9.17) is 20.9 Å². The number of ketones is 2. The van der Waals surface area contributed by atoms with Crippen LogP contribution in [0, 0.1) is 0 Å². The average Bonchev–Trinajstić information content (AvgIpc) is 3.20. The van der Waals surface area contributed by atoms with Crippen molar-refractivity contribution >= 4 is 46.7 Å². The number of fused-ring (bicyclic) bond motifs is 2. The molecule has 0 heterocycles. The summed E-state index contributed by atoms with van der Waals surface area (Å²) < 4.78 is 10.4. The number of hydrogen-bond donors (Lipinski definition) is 8. The molecule has 1 aliphatic rings. The van der Waals surface area contributed by atoms with Crippen LogP contribution >= 0.6 is 0 Å². The van der Waals surface area contributed by atoms with E-state index in [1.165, 1.54) is 12.1 Å². The van der Waals surface area contributed by atoms with E-state index in [0.29, 0.717) is 0 Å². The van der Waals surface area contributed by atoms with Gasteiger partial charge in [-0.2, -0.15) is 0 Å². The highest BCUT2D eigenvalue weighted by Crippen LogP contribution is 2.42. The lowest BCUT2D eigenvalue weighted by Gasteiger charge is -2.25. The van der Waals surface area contributed by atoms with E-state index in [0.717, 1.165) is 23.3 Å². The summed E-state index contributed by atoms with van der Waals surface area (Å²) >= 11 is 0.